The standard InChI is InChI=1S/C5H10O4S.C5H8/c1-5(2)3-4-9-10(6,7)8;1-4-5(2)3/h3H,4H2,1-2H3,(H,6,7,8);4H,1-2H2,3H3. The van der Waals surface area contributed by atoms with Gasteiger partial charge in [-0.05, 0) is 20.8 Å². The summed E-state index contributed by atoms with van der Waals surface area (Å²) in [7, 11) is -4.26. The average molecular weight is 234 g/mol. The van der Waals surface area contributed by atoms with Crippen LogP contribution in [-0.2, 0) is 14.6 Å². The molecule has 0 aliphatic carbocycles. The fourth-order valence-corrected chi connectivity index (χ4v) is 0.527. The zero-order chi connectivity index (χ0) is 12.5. The molecule has 0 aromatic rings. The van der Waals surface area contributed by atoms with E-state index in [-0.39, 0.29) is 6.61 Å². The van der Waals surface area contributed by atoms with Crippen LogP contribution in [0.5, 0.6) is 0 Å². The first-order chi connectivity index (χ1) is 6.69. The quantitative estimate of drug-likeness (QED) is 0.461. The molecule has 0 unspecified atom stereocenters. The molecule has 0 saturated heterocycles. The Kier molecular flexibility index (Phi) is 9.25. The Balaban J connectivity index is 0. The molecule has 0 spiro atoms. The van der Waals surface area contributed by atoms with Crippen LogP contribution in [0.25, 0.3) is 0 Å². The summed E-state index contributed by atoms with van der Waals surface area (Å²) in [5, 5.41) is 0. The molecule has 5 heteroatoms. The minimum absolute atomic E-state index is 0.110. The molecule has 4 nitrogen and oxygen atoms in total. The van der Waals surface area contributed by atoms with Crippen LogP contribution in [0.1, 0.15) is 20.8 Å². The van der Waals surface area contributed by atoms with Crippen LogP contribution in [0.4, 0.5) is 0 Å². The zero-order valence-electron chi connectivity index (χ0n) is 9.36. The molecule has 0 fully saturated rings. The third kappa shape index (κ3) is 24.6. The van der Waals surface area contributed by atoms with Crippen molar-refractivity contribution in [1.29, 1.82) is 0 Å². The number of allylic oxidation sites excluding steroid dienone is 3. The van der Waals surface area contributed by atoms with E-state index in [1.165, 1.54) is 0 Å². The third-order valence-electron chi connectivity index (χ3n) is 1.06. The smallest absolute Gasteiger partial charge is 0.264 e. The number of rotatable bonds is 4. The van der Waals surface area contributed by atoms with Gasteiger partial charge < -0.3 is 0 Å². The molecule has 0 amide bonds. The van der Waals surface area contributed by atoms with Crippen molar-refractivity contribution in [3.8, 4) is 0 Å². The van der Waals surface area contributed by atoms with Gasteiger partial charge in [-0.25, -0.2) is 4.18 Å². The lowest BCUT2D eigenvalue weighted by Gasteiger charge is -1.93. The van der Waals surface area contributed by atoms with E-state index in [0.717, 1.165) is 11.1 Å². The summed E-state index contributed by atoms with van der Waals surface area (Å²) >= 11 is 0. The molecule has 0 heterocycles. The number of hydrogen-bond donors (Lipinski definition) is 1. The third-order valence-corrected chi connectivity index (χ3v) is 1.49. The highest BCUT2D eigenvalue weighted by molar-refractivity contribution is 7.80. The van der Waals surface area contributed by atoms with Gasteiger partial charge in [-0.15, -0.1) is 0 Å². The van der Waals surface area contributed by atoms with Crippen LogP contribution in [0.15, 0.2) is 36.5 Å². The molecule has 0 saturated carbocycles. The van der Waals surface area contributed by atoms with Crippen molar-refractivity contribution in [3.05, 3.63) is 36.5 Å². The molecule has 0 bridgehead atoms. The van der Waals surface area contributed by atoms with Crippen molar-refractivity contribution in [3.63, 3.8) is 0 Å². The summed E-state index contributed by atoms with van der Waals surface area (Å²) in [4.78, 5) is 0. The van der Waals surface area contributed by atoms with Gasteiger partial charge in [-0.2, -0.15) is 8.42 Å². The van der Waals surface area contributed by atoms with Crippen molar-refractivity contribution in [2.75, 3.05) is 6.61 Å². The Hall–Kier alpha value is -0.910. The highest BCUT2D eigenvalue weighted by atomic mass is 32.3. The Morgan fingerprint density at radius 3 is 2.00 bits per heavy atom. The Bertz CT molecular complexity index is 321. The molecular formula is C10H18O4S. The average Bonchev–Trinajstić information content (AvgIpc) is 2.02. The van der Waals surface area contributed by atoms with Gasteiger partial charge in [-0.3, -0.25) is 4.55 Å². The predicted molar refractivity (Wildman–Crippen MR) is 61.9 cm³/mol. The second-order valence-corrected chi connectivity index (χ2v) is 4.14. The molecule has 0 aliphatic heterocycles. The second kappa shape index (κ2) is 8.40. The molecule has 15 heavy (non-hydrogen) atoms. The molecule has 0 atom stereocenters. The van der Waals surface area contributed by atoms with Gasteiger partial charge in [0.25, 0.3) is 0 Å². The van der Waals surface area contributed by atoms with Crippen molar-refractivity contribution >= 4 is 10.4 Å². The van der Waals surface area contributed by atoms with Crippen molar-refractivity contribution in [2.45, 2.75) is 20.8 Å². The largest absolute Gasteiger partial charge is 0.397 e. The van der Waals surface area contributed by atoms with Crippen LogP contribution >= 0.6 is 0 Å². The predicted octanol–water partition coefficient (Wildman–Crippen LogP) is 2.52. The highest BCUT2D eigenvalue weighted by Crippen LogP contribution is 1.91. The summed E-state index contributed by atoms with van der Waals surface area (Å²) in [6.07, 6.45) is 3.27. The van der Waals surface area contributed by atoms with Crippen molar-refractivity contribution in [2.24, 2.45) is 0 Å². The first kappa shape index (κ1) is 16.5. The monoisotopic (exact) mass is 234 g/mol. The molecule has 88 valence electrons. The molecule has 0 aromatic carbocycles. The maximum atomic E-state index is 9.92. The Morgan fingerprint density at radius 2 is 1.80 bits per heavy atom. The van der Waals surface area contributed by atoms with E-state index in [1.807, 2.05) is 6.92 Å². The van der Waals surface area contributed by atoms with Gasteiger partial charge in [0.15, 0.2) is 0 Å². The van der Waals surface area contributed by atoms with Crippen LogP contribution in [0, 0.1) is 0 Å². The van der Waals surface area contributed by atoms with Gasteiger partial charge in [0.05, 0.1) is 6.61 Å². The highest BCUT2D eigenvalue weighted by Gasteiger charge is 2.00. The van der Waals surface area contributed by atoms with Crippen LogP contribution in [-0.4, -0.2) is 19.6 Å². The molecule has 1 N–H and O–H groups in total. The summed E-state index contributed by atoms with van der Waals surface area (Å²) < 4.78 is 31.9. The summed E-state index contributed by atoms with van der Waals surface area (Å²) in [6.45, 7) is 12.4. The van der Waals surface area contributed by atoms with E-state index < -0.39 is 10.4 Å². The minimum Gasteiger partial charge on any atom is -0.264 e. The molecule has 0 radical (unpaired) electrons. The minimum atomic E-state index is -4.26. The van der Waals surface area contributed by atoms with Gasteiger partial charge in [-0.1, -0.05) is 36.5 Å². The second-order valence-electron chi connectivity index (χ2n) is 3.04. The van der Waals surface area contributed by atoms with Crippen molar-refractivity contribution in [1.82, 2.24) is 0 Å². The molecule has 0 rings (SSSR count). The topological polar surface area (TPSA) is 63.6 Å². The lowest BCUT2D eigenvalue weighted by atomic mass is 10.3. The maximum Gasteiger partial charge on any atom is 0.397 e. The Labute approximate surface area is 91.9 Å². The molecule has 0 aromatic heterocycles. The number of hydrogen-bond acceptors (Lipinski definition) is 3. The van der Waals surface area contributed by atoms with E-state index in [4.69, 9.17) is 4.55 Å². The lowest BCUT2D eigenvalue weighted by Crippen LogP contribution is -2.03. The zero-order valence-corrected chi connectivity index (χ0v) is 10.2. The lowest BCUT2D eigenvalue weighted by molar-refractivity contribution is 0.296. The van der Waals surface area contributed by atoms with E-state index in [0.29, 0.717) is 0 Å². The van der Waals surface area contributed by atoms with Crippen LogP contribution in [0.2, 0.25) is 0 Å². The van der Waals surface area contributed by atoms with E-state index in [9.17, 15) is 8.42 Å². The molecule has 0 aliphatic rings. The molecular weight excluding hydrogens is 216 g/mol. The summed E-state index contributed by atoms with van der Waals surface area (Å²) in [5.74, 6) is 0. The summed E-state index contributed by atoms with van der Waals surface area (Å²) in [5.41, 5.74) is 1.95. The fraction of sp³-hybridized carbons (Fsp3) is 0.400. The normalized spacial score (nSPS) is 9.60. The van der Waals surface area contributed by atoms with Crippen LogP contribution in [0.3, 0.4) is 0 Å². The first-order valence-corrected chi connectivity index (χ1v) is 5.58. The van der Waals surface area contributed by atoms with Crippen LogP contribution < -0.4 is 0 Å². The van der Waals surface area contributed by atoms with E-state index in [2.05, 4.69) is 17.3 Å². The maximum absolute atomic E-state index is 9.92. The van der Waals surface area contributed by atoms with Crippen molar-refractivity contribution < 1.29 is 17.2 Å². The summed E-state index contributed by atoms with van der Waals surface area (Å²) in [6, 6.07) is 0. The first-order valence-electron chi connectivity index (χ1n) is 4.22. The van der Waals surface area contributed by atoms with Gasteiger partial charge >= 0.3 is 10.4 Å². The van der Waals surface area contributed by atoms with E-state index >= 15 is 0 Å². The fourth-order valence-electron chi connectivity index (χ4n) is 0.287. The van der Waals surface area contributed by atoms with Gasteiger partial charge in [0, 0.05) is 0 Å². The Morgan fingerprint density at radius 1 is 1.40 bits per heavy atom. The van der Waals surface area contributed by atoms with E-state index in [1.54, 1.807) is 26.0 Å². The van der Waals surface area contributed by atoms with Gasteiger partial charge in [0.1, 0.15) is 0 Å². The van der Waals surface area contributed by atoms with Gasteiger partial charge in [0.2, 0.25) is 0 Å². The SMILES string of the molecule is C=CC(=C)C.CC(C)=CCOS(=O)(=O)O.